The third-order valence-corrected chi connectivity index (χ3v) is 4.56. The van der Waals surface area contributed by atoms with Crippen molar-refractivity contribution in [1.29, 1.82) is 0 Å². The average Bonchev–Trinajstić information content (AvgIpc) is 3.12. The van der Waals surface area contributed by atoms with E-state index in [1.54, 1.807) is 6.26 Å². The number of carboxylic acid groups (broad SMARTS) is 1. The second kappa shape index (κ2) is 9.69. The van der Waals surface area contributed by atoms with Gasteiger partial charge < -0.3 is 14.9 Å². The predicted molar refractivity (Wildman–Crippen MR) is 103 cm³/mol. The molecule has 0 amide bonds. The highest BCUT2D eigenvalue weighted by Gasteiger charge is 2.14. The van der Waals surface area contributed by atoms with E-state index in [1.165, 1.54) is 11.1 Å². The first-order valence-corrected chi connectivity index (χ1v) is 9.16. The van der Waals surface area contributed by atoms with Crippen molar-refractivity contribution in [2.24, 2.45) is 0 Å². The molecule has 0 saturated carbocycles. The Kier molecular flexibility index (Phi) is 6.77. The van der Waals surface area contributed by atoms with Crippen molar-refractivity contribution in [3.05, 3.63) is 89.3 Å². The van der Waals surface area contributed by atoms with Crippen LogP contribution < -0.4 is 5.32 Å². The molecule has 1 heterocycles. The molecule has 2 N–H and O–H groups in total. The Labute approximate surface area is 159 Å². The van der Waals surface area contributed by atoms with Gasteiger partial charge in [0, 0.05) is 31.0 Å². The van der Waals surface area contributed by atoms with Crippen LogP contribution in [0.2, 0.25) is 0 Å². The van der Waals surface area contributed by atoms with Gasteiger partial charge in [-0.2, -0.15) is 0 Å². The van der Waals surface area contributed by atoms with E-state index in [9.17, 15) is 4.79 Å². The minimum Gasteiger partial charge on any atom is -0.481 e. The molecular weight excluding hydrogens is 340 g/mol. The summed E-state index contributed by atoms with van der Waals surface area (Å²) >= 11 is 0. The van der Waals surface area contributed by atoms with Crippen LogP contribution in [0, 0.1) is 0 Å². The summed E-state index contributed by atoms with van der Waals surface area (Å²) in [4.78, 5) is 11.0. The fraction of sp³-hybridized carbons (Fsp3) is 0.273. The zero-order chi connectivity index (χ0) is 18.9. The first-order chi connectivity index (χ1) is 13.2. The molecule has 1 atom stereocenters. The van der Waals surface area contributed by atoms with Gasteiger partial charge in [-0.05, 0) is 24.0 Å². The molecule has 2 aromatic carbocycles. The number of hydrogen-bond acceptors (Lipinski definition) is 4. The standard InChI is InChI=1S/C22H24N2O3/c25-22(26)12-11-20(13-17-7-3-1-4-8-17)23-15-19-16-27-24-21(19)14-18-9-5-2-6-10-18/h1-10,16,20,23H,11-15H2,(H,25,26). The number of benzene rings is 2. The Bertz CT molecular complexity index is 831. The lowest BCUT2D eigenvalue weighted by Crippen LogP contribution is -2.31. The van der Waals surface area contributed by atoms with Crippen LogP contribution >= 0.6 is 0 Å². The van der Waals surface area contributed by atoms with Crippen molar-refractivity contribution in [3.8, 4) is 0 Å². The lowest BCUT2D eigenvalue weighted by molar-refractivity contribution is -0.137. The van der Waals surface area contributed by atoms with E-state index in [2.05, 4.69) is 34.7 Å². The molecule has 0 spiro atoms. The van der Waals surface area contributed by atoms with Crippen molar-refractivity contribution in [3.63, 3.8) is 0 Å². The van der Waals surface area contributed by atoms with Gasteiger partial charge in [0.1, 0.15) is 6.26 Å². The van der Waals surface area contributed by atoms with Crippen LogP contribution in [0.15, 0.2) is 71.4 Å². The normalized spacial score (nSPS) is 12.0. The van der Waals surface area contributed by atoms with Crippen molar-refractivity contribution in [2.45, 2.75) is 38.3 Å². The van der Waals surface area contributed by atoms with E-state index in [0.29, 0.717) is 19.4 Å². The number of rotatable bonds is 10. The van der Waals surface area contributed by atoms with E-state index in [1.807, 2.05) is 36.4 Å². The molecule has 3 rings (SSSR count). The maximum atomic E-state index is 11.0. The third-order valence-electron chi connectivity index (χ3n) is 4.56. The van der Waals surface area contributed by atoms with Gasteiger partial charge in [0.05, 0.1) is 5.69 Å². The van der Waals surface area contributed by atoms with Gasteiger partial charge in [-0.25, -0.2) is 0 Å². The predicted octanol–water partition coefficient (Wildman–Crippen LogP) is 3.83. The van der Waals surface area contributed by atoms with Gasteiger partial charge >= 0.3 is 5.97 Å². The quantitative estimate of drug-likeness (QED) is 0.572. The van der Waals surface area contributed by atoms with Crippen LogP contribution in [0.25, 0.3) is 0 Å². The summed E-state index contributed by atoms with van der Waals surface area (Å²) in [7, 11) is 0. The molecule has 0 aliphatic heterocycles. The molecule has 3 aromatic rings. The Hall–Kier alpha value is -2.92. The molecular formula is C22H24N2O3. The summed E-state index contributed by atoms with van der Waals surface area (Å²) in [6.45, 7) is 0.600. The number of aliphatic carboxylic acids is 1. The van der Waals surface area contributed by atoms with Crippen molar-refractivity contribution in [1.82, 2.24) is 10.5 Å². The summed E-state index contributed by atoms with van der Waals surface area (Å²) in [5.74, 6) is -0.774. The number of nitrogens with zero attached hydrogens (tertiary/aromatic N) is 1. The molecule has 27 heavy (non-hydrogen) atoms. The SMILES string of the molecule is O=C(O)CCC(Cc1ccccc1)NCc1conc1Cc1ccccc1. The fourth-order valence-electron chi connectivity index (χ4n) is 3.09. The molecule has 0 aliphatic carbocycles. The minimum absolute atomic E-state index is 0.0722. The summed E-state index contributed by atoms with van der Waals surface area (Å²) in [5.41, 5.74) is 4.28. The topological polar surface area (TPSA) is 75.4 Å². The number of nitrogens with one attached hydrogen (secondary N) is 1. The zero-order valence-corrected chi connectivity index (χ0v) is 15.2. The molecule has 0 radical (unpaired) electrons. The smallest absolute Gasteiger partial charge is 0.303 e. The Morgan fingerprint density at radius 2 is 1.70 bits per heavy atom. The number of carbonyl (C=O) groups is 1. The summed E-state index contributed by atoms with van der Waals surface area (Å²) in [5, 5.41) is 16.7. The second-order valence-electron chi connectivity index (χ2n) is 6.65. The van der Waals surface area contributed by atoms with Gasteiger partial charge in [0.25, 0.3) is 0 Å². The number of carboxylic acids is 1. The molecule has 0 fully saturated rings. The fourth-order valence-corrected chi connectivity index (χ4v) is 3.09. The van der Waals surface area contributed by atoms with Gasteiger partial charge in [-0.15, -0.1) is 0 Å². The maximum absolute atomic E-state index is 11.0. The van der Waals surface area contributed by atoms with Gasteiger partial charge in [-0.3, -0.25) is 4.79 Å². The van der Waals surface area contributed by atoms with Crippen LogP contribution in [-0.2, 0) is 24.2 Å². The van der Waals surface area contributed by atoms with E-state index in [4.69, 9.17) is 9.63 Å². The first kappa shape index (κ1) is 18.9. The molecule has 0 saturated heterocycles. The van der Waals surface area contributed by atoms with Gasteiger partial charge in [0.15, 0.2) is 0 Å². The summed E-state index contributed by atoms with van der Waals surface area (Å²) in [6.07, 6.45) is 3.89. The maximum Gasteiger partial charge on any atom is 0.303 e. The van der Waals surface area contributed by atoms with Gasteiger partial charge in [0.2, 0.25) is 0 Å². The Morgan fingerprint density at radius 3 is 2.37 bits per heavy atom. The van der Waals surface area contributed by atoms with Crippen molar-refractivity contribution in [2.75, 3.05) is 0 Å². The van der Waals surface area contributed by atoms with Crippen LogP contribution in [0.3, 0.4) is 0 Å². The first-order valence-electron chi connectivity index (χ1n) is 9.16. The summed E-state index contributed by atoms with van der Waals surface area (Å²) < 4.78 is 5.18. The highest BCUT2D eigenvalue weighted by Crippen LogP contribution is 2.14. The largest absolute Gasteiger partial charge is 0.481 e. The van der Waals surface area contributed by atoms with E-state index in [0.717, 1.165) is 17.7 Å². The lowest BCUT2D eigenvalue weighted by atomic mass is 10.0. The average molecular weight is 364 g/mol. The molecule has 0 bridgehead atoms. The van der Waals surface area contributed by atoms with Crippen LogP contribution in [-0.4, -0.2) is 22.3 Å². The monoisotopic (exact) mass is 364 g/mol. The Morgan fingerprint density at radius 1 is 1.04 bits per heavy atom. The van der Waals surface area contributed by atoms with E-state index in [-0.39, 0.29) is 12.5 Å². The van der Waals surface area contributed by atoms with Crippen LogP contribution in [0.4, 0.5) is 0 Å². The third kappa shape index (κ3) is 6.08. The zero-order valence-electron chi connectivity index (χ0n) is 15.2. The number of aromatic nitrogens is 1. The van der Waals surface area contributed by atoms with Crippen LogP contribution in [0.5, 0.6) is 0 Å². The lowest BCUT2D eigenvalue weighted by Gasteiger charge is -2.18. The molecule has 5 heteroatoms. The van der Waals surface area contributed by atoms with Crippen LogP contribution in [0.1, 0.15) is 35.2 Å². The molecule has 1 unspecified atom stereocenters. The van der Waals surface area contributed by atoms with Crippen molar-refractivity contribution >= 4 is 5.97 Å². The Balaban J connectivity index is 1.62. The highest BCUT2D eigenvalue weighted by molar-refractivity contribution is 5.66. The van der Waals surface area contributed by atoms with E-state index < -0.39 is 5.97 Å². The highest BCUT2D eigenvalue weighted by atomic mass is 16.5. The van der Waals surface area contributed by atoms with Gasteiger partial charge in [-0.1, -0.05) is 65.8 Å². The number of hydrogen-bond donors (Lipinski definition) is 2. The molecule has 0 aliphatic rings. The second-order valence-corrected chi connectivity index (χ2v) is 6.65. The molecule has 1 aromatic heterocycles. The van der Waals surface area contributed by atoms with Crippen molar-refractivity contribution < 1.29 is 14.4 Å². The molecule has 140 valence electrons. The minimum atomic E-state index is -0.774. The molecule has 5 nitrogen and oxygen atoms in total. The van der Waals surface area contributed by atoms with E-state index >= 15 is 0 Å². The summed E-state index contributed by atoms with van der Waals surface area (Å²) in [6, 6.07) is 20.3.